The number of pyridine rings is 1. The molecule has 0 saturated heterocycles. The fourth-order valence-corrected chi connectivity index (χ4v) is 4.13. The number of hydrogen-bond donors (Lipinski definition) is 2. The number of ether oxygens (including phenoxy) is 2. The maximum absolute atomic E-state index is 13.3. The number of para-hydroxylation sites is 1. The molecule has 3 aromatic rings. The van der Waals surface area contributed by atoms with Crippen LogP contribution in [-0.4, -0.2) is 40.1 Å². The van der Waals surface area contributed by atoms with E-state index in [2.05, 4.69) is 5.32 Å². The molecule has 2 aromatic carbocycles. The van der Waals surface area contributed by atoms with Crippen LogP contribution in [-0.2, 0) is 17.8 Å². The van der Waals surface area contributed by atoms with Crippen LogP contribution in [0.2, 0.25) is 0 Å². The molecular formula is C26H38N2O5S. The third-order valence-corrected chi connectivity index (χ3v) is 5.72. The number of fused-ring (bicyclic) bond motifs is 1. The molecule has 4 N–H and O–H groups in total. The Bertz CT molecular complexity index is 1060. The third kappa shape index (κ3) is 7.85. The van der Waals surface area contributed by atoms with E-state index in [4.69, 9.17) is 14.0 Å². The van der Waals surface area contributed by atoms with Gasteiger partial charge in [-0.1, -0.05) is 31.0 Å². The van der Waals surface area contributed by atoms with E-state index in [1.165, 1.54) is 25.7 Å². The Labute approximate surface area is 207 Å². The minimum Gasteiger partial charge on any atom is -0.457 e. The summed E-state index contributed by atoms with van der Waals surface area (Å²) >= 11 is 0.750. The van der Waals surface area contributed by atoms with Gasteiger partial charge in [0.15, 0.2) is 0 Å². The van der Waals surface area contributed by atoms with E-state index in [0.29, 0.717) is 32.3 Å². The molecule has 0 spiro atoms. The van der Waals surface area contributed by atoms with Gasteiger partial charge in [-0.05, 0) is 67.5 Å². The fourth-order valence-electron chi connectivity index (χ4n) is 4.13. The maximum Gasteiger partial charge on any atom is 0.255 e. The Balaban J connectivity index is 0.00000117. The van der Waals surface area contributed by atoms with Gasteiger partial charge in [0.2, 0.25) is 0 Å². The highest BCUT2D eigenvalue weighted by Gasteiger charge is 2.16. The average molecular weight is 491 g/mol. The Kier molecular flexibility index (Phi) is 12.1. The molecule has 1 aliphatic rings. The first-order valence-electron chi connectivity index (χ1n) is 11.5. The number of benzene rings is 2. The van der Waals surface area contributed by atoms with Crippen molar-refractivity contribution in [3.63, 3.8) is 0 Å². The predicted octanol–water partition coefficient (Wildman–Crippen LogP) is 5.11. The zero-order valence-corrected chi connectivity index (χ0v) is 20.8. The molecule has 1 fully saturated rings. The van der Waals surface area contributed by atoms with Crippen LogP contribution in [0.3, 0.4) is 0 Å². The minimum atomic E-state index is 0. The molecule has 0 aliphatic heterocycles. The third-order valence-electron chi connectivity index (χ3n) is 5.72. The number of nitrogens with zero attached hydrogens (tertiary/aromatic N) is 1. The van der Waals surface area contributed by atoms with Crippen LogP contribution in [0.25, 0.3) is 10.9 Å². The Hall–Kier alpha value is -2.36. The largest absolute Gasteiger partial charge is 0.457 e. The van der Waals surface area contributed by atoms with Crippen molar-refractivity contribution in [3.8, 4) is 11.5 Å². The van der Waals surface area contributed by atoms with Crippen molar-refractivity contribution in [2.24, 2.45) is 0 Å². The SMILES string of the molecule is CCOCCn1c(=O)c(CNC2CCCC2)cc2ccc(Oc3ccccc3)cc21.CSO.O.[HH]. The van der Waals surface area contributed by atoms with Crippen LogP contribution in [0.4, 0.5) is 0 Å². The molecule has 0 unspecified atom stereocenters. The summed E-state index contributed by atoms with van der Waals surface area (Å²) in [5, 5.41) is 4.61. The smallest absolute Gasteiger partial charge is 0.255 e. The second-order valence-corrected chi connectivity index (χ2v) is 8.37. The van der Waals surface area contributed by atoms with Crippen molar-refractivity contribution >= 4 is 22.9 Å². The van der Waals surface area contributed by atoms with E-state index in [0.717, 1.165) is 40.0 Å². The first-order chi connectivity index (χ1) is 16.2. The molecule has 0 radical (unpaired) electrons. The lowest BCUT2D eigenvalue weighted by molar-refractivity contribution is 0.139. The van der Waals surface area contributed by atoms with E-state index >= 15 is 0 Å². The summed E-state index contributed by atoms with van der Waals surface area (Å²) in [6.07, 6.45) is 6.55. The lowest BCUT2D eigenvalue weighted by Crippen LogP contribution is -2.32. The molecule has 7 nitrogen and oxygen atoms in total. The first kappa shape index (κ1) is 27.9. The van der Waals surface area contributed by atoms with Crippen molar-refractivity contribution in [1.29, 1.82) is 0 Å². The van der Waals surface area contributed by atoms with Gasteiger partial charge >= 0.3 is 0 Å². The molecule has 0 amide bonds. The molecule has 0 atom stereocenters. The average Bonchev–Trinajstić information content (AvgIpc) is 3.35. The summed E-state index contributed by atoms with van der Waals surface area (Å²) in [5.74, 6) is 1.49. The van der Waals surface area contributed by atoms with Crippen molar-refractivity contribution in [2.75, 3.05) is 19.5 Å². The summed E-state index contributed by atoms with van der Waals surface area (Å²) in [6, 6.07) is 18.2. The van der Waals surface area contributed by atoms with Crippen LogP contribution in [0.5, 0.6) is 11.5 Å². The highest BCUT2D eigenvalue weighted by Crippen LogP contribution is 2.26. The normalized spacial score (nSPS) is 13.3. The molecule has 4 rings (SSSR count). The van der Waals surface area contributed by atoms with Crippen molar-refractivity contribution in [2.45, 2.75) is 51.7 Å². The molecule has 34 heavy (non-hydrogen) atoms. The number of nitrogens with one attached hydrogen (secondary N) is 1. The second kappa shape index (κ2) is 14.8. The number of rotatable bonds is 9. The molecule has 1 aliphatic carbocycles. The fraction of sp³-hybridized carbons (Fsp3) is 0.423. The highest BCUT2D eigenvalue weighted by molar-refractivity contribution is 7.93. The van der Waals surface area contributed by atoms with Crippen molar-refractivity contribution in [1.82, 2.24) is 9.88 Å². The summed E-state index contributed by atoms with van der Waals surface area (Å²) in [4.78, 5) is 13.3. The molecule has 0 bridgehead atoms. The Morgan fingerprint density at radius 3 is 2.50 bits per heavy atom. The standard InChI is InChI=1S/C25H30N2O3.CH4OS.H2O.H2/c1-2-29-15-14-27-24-17-23(30-22-10-4-3-5-11-22)13-12-19(24)16-20(25(27)28)18-26-21-8-6-7-9-21;1-3-2;;/h3-5,10-13,16-17,21,26H,2,6-9,14-15,18H2,1H3;2H,1H3;1H2;1H. The number of hydrogen-bond acceptors (Lipinski definition) is 6. The monoisotopic (exact) mass is 490 g/mol. The Morgan fingerprint density at radius 2 is 1.82 bits per heavy atom. The second-order valence-electron chi connectivity index (χ2n) is 8.00. The zero-order valence-electron chi connectivity index (χ0n) is 20.0. The van der Waals surface area contributed by atoms with Gasteiger partial charge in [0.05, 0.1) is 12.1 Å². The van der Waals surface area contributed by atoms with Gasteiger partial charge in [0.25, 0.3) is 5.56 Å². The van der Waals surface area contributed by atoms with Crippen molar-refractivity contribution < 1.29 is 20.9 Å². The molecule has 8 heteroatoms. The van der Waals surface area contributed by atoms with Crippen LogP contribution in [0, 0.1) is 0 Å². The van der Waals surface area contributed by atoms with Crippen LogP contribution in [0.15, 0.2) is 59.4 Å². The van der Waals surface area contributed by atoms with E-state index < -0.39 is 0 Å². The number of aromatic nitrogens is 1. The molecule has 1 heterocycles. The van der Waals surface area contributed by atoms with Gasteiger partial charge in [-0.2, -0.15) is 0 Å². The van der Waals surface area contributed by atoms with Gasteiger partial charge in [-0.3, -0.25) is 4.79 Å². The van der Waals surface area contributed by atoms with Gasteiger partial charge in [0, 0.05) is 45.1 Å². The van der Waals surface area contributed by atoms with Crippen LogP contribution < -0.4 is 15.6 Å². The van der Waals surface area contributed by atoms with Crippen molar-refractivity contribution in [3.05, 3.63) is 70.5 Å². The maximum atomic E-state index is 13.3. The van der Waals surface area contributed by atoms with Gasteiger partial charge in [-0.25, -0.2) is 0 Å². The Morgan fingerprint density at radius 1 is 1.12 bits per heavy atom. The molecular weight excluding hydrogens is 452 g/mol. The summed E-state index contributed by atoms with van der Waals surface area (Å²) in [6.45, 7) is 4.24. The zero-order chi connectivity index (χ0) is 23.5. The van der Waals surface area contributed by atoms with E-state index in [1.807, 2.05) is 66.1 Å². The van der Waals surface area contributed by atoms with Gasteiger partial charge < -0.3 is 29.4 Å². The predicted molar refractivity (Wildman–Crippen MR) is 142 cm³/mol. The summed E-state index contributed by atoms with van der Waals surface area (Å²) in [7, 11) is 0. The lowest BCUT2D eigenvalue weighted by atomic mass is 10.1. The van der Waals surface area contributed by atoms with E-state index in [-0.39, 0.29) is 12.5 Å². The minimum absolute atomic E-state index is 0. The first-order valence-corrected chi connectivity index (χ1v) is 12.7. The molecule has 1 aromatic heterocycles. The van der Waals surface area contributed by atoms with Crippen LogP contribution in [0.1, 0.15) is 39.6 Å². The summed E-state index contributed by atoms with van der Waals surface area (Å²) in [5.41, 5.74) is 1.73. The highest BCUT2D eigenvalue weighted by atomic mass is 32.2. The molecule has 188 valence electrons. The van der Waals surface area contributed by atoms with Gasteiger partial charge in [-0.15, -0.1) is 0 Å². The lowest BCUT2D eigenvalue weighted by Gasteiger charge is -2.16. The topological polar surface area (TPSA) is 104 Å². The van der Waals surface area contributed by atoms with E-state index in [9.17, 15) is 4.79 Å². The quantitative estimate of drug-likeness (QED) is 0.319. The van der Waals surface area contributed by atoms with Crippen LogP contribution >= 0.6 is 12.0 Å². The van der Waals surface area contributed by atoms with E-state index in [1.54, 1.807) is 6.26 Å². The van der Waals surface area contributed by atoms with Gasteiger partial charge in [0.1, 0.15) is 11.5 Å². The molecule has 1 saturated carbocycles. The summed E-state index contributed by atoms with van der Waals surface area (Å²) < 4.78 is 20.8.